The maximum atomic E-state index is 7.02. The first-order valence-electron chi connectivity index (χ1n) is 22.5. The summed E-state index contributed by atoms with van der Waals surface area (Å²) in [5, 5.41) is 0. The van der Waals surface area contributed by atoms with Crippen LogP contribution in [0.25, 0.3) is 55.8 Å². The van der Waals surface area contributed by atoms with Gasteiger partial charge in [-0.15, -0.1) is 0 Å². The maximum absolute atomic E-state index is 7.02. The van der Waals surface area contributed by atoms with Crippen LogP contribution in [0.1, 0.15) is 64.7 Å². The Morgan fingerprint density at radius 3 is 1.74 bits per heavy atom. The average molecular weight is 1030 g/mol. The Balaban J connectivity index is 1.14. The summed E-state index contributed by atoms with van der Waals surface area (Å²) in [7, 11) is 0. The van der Waals surface area contributed by atoms with Crippen molar-refractivity contribution in [1.29, 1.82) is 0 Å². The number of imidazole rings is 1. The Hall–Kier alpha value is -6.55. The Morgan fingerprint density at radius 1 is 0.569 bits per heavy atom. The number of pyridine rings is 1. The van der Waals surface area contributed by atoms with Gasteiger partial charge in [-0.05, 0) is 17.0 Å². The van der Waals surface area contributed by atoms with E-state index in [1.165, 1.54) is 38.9 Å². The minimum absolute atomic E-state index is 0.000265. The van der Waals surface area contributed by atoms with Crippen LogP contribution in [-0.4, -0.2) is 20.7 Å². The number of hydrogen-bond donors (Lipinski definition) is 0. The standard InChI is InChI=1S/C59H52N4O.Pt/c1-58(2,3)45-31-32-60-56(37-45)61-33-19-26-44-34-49(41-20-10-7-11-21-41)55(39-54(44)61)64-48-28-18-27-47(38-48)62-40-63(53-30-17-16-29-52(53)62)57-50(42-22-12-8-13-23-42)35-46(59(4,5)6)36-51(57)43-24-14-9-15-25-43;/h7-18,20-25,27-32,34-37H,19,26,33H2,1-6H3;/q-2;. The van der Waals surface area contributed by atoms with E-state index in [1.807, 2.05) is 12.3 Å². The summed E-state index contributed by atoms with van der Waals surface area (Å²) >= 11 is 2.51. The van der Waals surface area contributed by atoms with E-state index < -0.39 is 0 Å². The number of fused-ring (bicyclic) bond motifs is 2. The molecule has 0 radical (unpaired) electrons. The van der Waals surface area contributed by atoms with Gasteiger partial charge >= 0.3 is 352 Å². The molecule has 5 nitrogen and oxygen atoms in total. The number of aryl methyl sites for hydroxylation is 1. The summed E-state index contributed by atoms with van der Waals surface area (Å²) in [5.74, 6) is 2.20. The number of nitrogens with zero attached hydrogens (tertiary/aromatic N) is 4. The number of benzene rings is 7. The van der Waals surface area contributed by atoms with Crippen LogP contribution in [0, 0.1) is 15.9 Å². The summed E-state index contributed by atoms with van der Waals surface area (Å²) in [4.78, 5) is 7.20. The molecule has 9 aromatic rings. The molecule has 0 aliphatic carbocycles. The van der Waals surface area contributed by atoms with Crippen molar-refractivity contribution in [2.24, 2.45) is 0 Å². The molecule has 7 aromatic carbocycles. The van der Waals surface area contributed by atoms with Crippen molar-refractivity contribution < 1.29 is 24.1 Å². The van der Waals surface area contributed by atoms with E-state index in [0.29, 0.717) is 11.5 Å². The summed E-state index contributed by atoms with van der Waals surface area (Å²) in [6.45, 7) is 14.5. The molecule has 1 aliphatic heterocycles. The van der Waals surface area contributed by atoms with Crippen molar-refractivity contribution in [3.8, 4) is 56.3 Å². The van der Waals surface area contributed by atoms with Crippen LogP contribution in [0.4, 0.5) is 11.5 Å². The van der Waals surface area contributed by atoms with E-state index in [-0.39, 0.29) is 10.8 Å². The molecule has 1 aliphatic rings. The van der Waals surface area contributed by atoms with Crippen LogP contribution in [0.3, 0.4) is 0 Å². The van der Waals surface area contributed by atoms with Crippen molar-refractivity contribution in [1.82, 2.24) is 14.1 Å². The van der Waals surface area contributed by atoms with Gasteiger partial charge in [-0.2, -0.15) is 0 Å². The van der Waals surface area contributed by atoms with Crippen LogP contribution in [-0.2, 0) is 36.6 Å². The Bertz CT molecular complexity index is 3190. The molecule has 2 aromatic heterocycles. The fourth-order valence-electron chi connectivity index (χ4n) is 8.98. The van der Waals surface area contributed by atoms with Crippen LogP contribution in [0.2, 0.25) is 0 Å². The van der Waals surface area contributed by atoms with E-state index in [0.717, 1.165) is 68.2 Å². The van der Waals surface area contributed by atoms with Gasteiger partial charge in [0, 0.05) is 6.20 Å². The van der Waals surface area contributed by atoms with E-state index in [9.17, 15) is 0 Å². The zero-order chi connectivity index (χ0) is 44.9. The fraction of sp³-hybridized carbons (Fsp3) is 0.186. The first-order chi connectivity index (χ1) is 31.4. The van der Waals surface area contributed by atoms with Gasteiger partial charge < -0.3 is 0 Å². The molecule has 10 rings (SSSR count). The molecule has 0 unspecified atom stereocenters. The van der Waals surface area contributed by atoms with E-state index in [2.05, 4.69) is 245 Å². The number of ether oxygens (including phenoxy) is 1. The number of anilines is 2. The van der Waals surface area contributed by atoms with Gasteiger partial charge in [-0.25, -0.2) is 0 Å². The molecule has 0 saturated carbocycles. The Kier molecular flexibility index (Phi) is 11.2. The summed E-state index contributed by atoms with van der Waals surface area (Å²) in [6.07, 6.45) is 3.91. The second-order valence-corrected chi connectivity index (χ2v) is 20.0. The molecule has 6 heteroatoms. The van der Waals surface area contributed by atoms with Crippen molar-refractivity contribution in [2.45, 2.75) is 65.2 Å². The number of para-hydroxylation sites is 2. The monoisotopic (exact) mass is 1030 g/mol. The average Bonchev–Trinajstić information content (AvgIpc) is 3.62. The zero-order valence-electron chi connectivity index (χ0n) is 37.8. The molecular formula is C59H52N4OPt-2. The fourth-order valence-corrected chi connectivity index (χ4v) is 10.1. The van der Waals surface area contributed by atoms with E-state index in [1.54, 1.807) is 0 Å². The minimum atomic E-state index is -0.0741. The molecule has 0 spiro atoms. The third-order valence-corrected chi connectivity index (χ3v) is 13.5. The van der Waals surface area contributed by atoms with Gasteiger partial charge in [0.05, 0.1) is 0 Å². The van der Waals surface area contributed by atoms with Crippen LogP contribution >= 0.6 is 0 Å². The summed E-state index contributed by atoms with van der Waals surface area (Å²) < 4.78 is 12.8. The Morgan fingerprint density at radius 2 is 1.14 bits per heavy atom. The van der Waals surface area contributed by atoms with Crippen molar-refractivity contribution in [3.63, 3.8) is 0 Å². The molecule has 326 valence electrons. The van der Waals surface area contributed by atoms with Gasteiger partial charge in [-0.3, -0.25) is 0 Å². The number of hydrogen-bond acceptors (Lipinski definition) is 3. The zero-order valence-corrected chi connectivity index (χ0v) is 40.1. The van der Waals surface area contributed by atoms with E-state index in [4.69, 9.17) is 9.72 Å². The topological polar surface area (TPSA) is 35.2 Å². The molecule has 0 N–H and O–H groups in total. The van der Waals surface area contributed by atoms with Crippen LogP contribution < -0.4 is 9.64 Å². The van der Waals surface area contributed by atoms with Gasteiger partial charge in [0.1, 0.15) is 0 Å². The quantitative estimate of drug-likeness (QED) is 0.142. The first kappa shape index (κ1) is 42.4. The number of aromatic nitrogens is 3. The summed E-state index contributed by atoms with van der Waals surface area (Å²) in [5.41, 5.74) is 15.6. The van der Waals surface area contributed by atoms with Gasteiger partial charge in [0.25, 0.3) is 0 Å². The second kappa shape index (κ2) is 17.1. The predicted molar refractivity (Wildman–Crippen MR) is 263 cm³/mol. The SMILES string of the molecule is CC(C)(C)c1ccnc(N2CCCc3cc(-c4ccccc4)c(Oc4[c-]c(-n5[c](=[Pt])n(-c6c(-c7ccccc7)cc(C(C)(C)C)cc6-c6ccccc6)c6ccccc65)ccc4)[c-]c32)c1. The molecule has 0 atom stereocenters. The third kappa shape index (κ3) is 8.24. The molecule has 0 saturated heterocycles. The third-order valence-electron chi connectivity index (χ3n) is 12.4. The van der Waals surface area contributed by atoms with Crippen molar-refractivity contribution >= 4 is 22.5 Å². The van der Waals surface area contributed by atoms with Crippen LogP contribution in [0.5, 0.6) is 11.5 Å². The van der Waals surface area contributed by atoms with Crippen molar-refractivity contribution in [3.05, 3.63) is 203 Å². The molecule has 65 heavy (non-hydrogen) atoms. The molecular weight excluding hydrogens is 976 g/mol. The number of rotatable bonds is 8. The van der Waals surface area contributed by atoms with Gasteiger partial charge in [0.2, 0.25) is 0 Å². The second-order valence-electron chi connectivity index (χ2n) is 19.0. The van der Waals surface area contributed by atoms with Gasteiger partial charge in [-0.1, -0.05) is 20.8 Å². The molecule has 0 fully saturated rings. The Labute approximate surface area is 394 Å². The molecule has 0 amide bonds. The first-order valence-corrected chi connectivity index (χ1v) is 23.6. The summed E-state index contributed by atoms with van der Waals surface area (Å²) in [6, 6.07) is 65.9. The van der Waals surface area contributed by atoms with Crippen molar-refractivity contribution in [2.75, 3.05) is 11.4 Å². The van der Waals surface area contributed by atoms with Gasteiger partial charge in [0.15, 0.2) is 0 Å². The normalized spacial score (nSPS) is 13.0. The van der Waals surface area contributed by atoms with E-state index >= 15 is 0 Å². The molecule has 0 bridgehead atoms. The van der Waals surface area contributed by atoms with Crippen LogP contribution in [0.15, 0.2) is 170 Å². The predicted octanol–water partition coefficient (Wildman–Crippen LogP) is 15.0. The molecule has 3 heterocycles.